The first-order chi connectivity index (χ1) is 13.3. The third-order valence-electron chi connectivity index (χ3n) is 4.67. The normalized spacial score (nSPS) is 14.6. The van der Waals surface area contributed by atoms with E-state index in [2.05, 4.69) is 9.97 Å². The highest BCUT2D eigenvalue weighted by atomic mass is 35.5. The van der Waals surface area contributed by atoms with Crippen LogP contribution in [0, 0.1) is 0 Å². The van der Waals surface area contributed by atoms with Crippen LogP contribution in [-0.4, -0.2) is 29.2 Å². The van der Waals surface area contributed by atoms with Crippen LogP contribution in [0.2, 0.25) is 10.0 Å². The Balaban J connectivity index is 1.60. The molecule has 2 heterocycles. The molecule has 0 amide bonds. The molecule has 28 heavy (non-hydrogen) atoms. The molecule has 1 aromatic heterocycles. The van der Waals surface area contributed by atoms with Gasteiger partial charge < -0.3 is 5.73 Å². The maximum Gasteiger partial charge on any atom is 0.243 e. The molecule has 0 saturated heterocycles. The number of rotatable bonds is 3. The lowest BCUT2D eigenvalue weighted by Crippen LogP contribution is -2.36. The van der Waals surface area contributed by atoms with Gasteiger partial charge in [-0.15, -0.1) is 0 Å². The summed E-state index contributed by atoms with van der Waals surface area (Å²) in [5.41, 5.74) is 8.91. The highest BCUT2D eigenvalue weighted by Gasteiger charge is 2.29. The second-order valence-corrected chi connectivity index (χ2v) is 9.19. The lowest BCUT2D eigenvalue weighted by atomic mass is 10.1. The van der Waals surface area contributed by atoms with Gasteiger partial charge >= 0.3 is 0 Å². The fourth-order valence-electron chi connectivity index (χ4n) is 3.14. The highest BCUT2D eigenvalue weighted by Crippen LogP contribution is 2.30. The maximum atomic E-state index is 13.0. The van der Waals surface area contributed by atoms with Crippen LogP contribution >= 0.6 is 23.2 Å². The monoisotopic (exact) mass is 434 g/mol. The minimum atomic E-state index is -3.65. The second-order valence-electron chi connectivity index (χ2n) is 6.44. The summed E-state index contributed by atoms with van der Waals surface area (Å²) in [5.74, 6) is 0.143. The van der Waals surface area contributed by atoms with Gasteiger partial charge in [-0.3, -0.25) is 0 Å². The first-order valence-electron chi connectivity index (χ1n) is 8.50. The van der Waals surface area contributed by atoms with Crippen molar-refractivity contribution in [2.45, 2.75) is 17.9 Å². The molecule has 0 spiro atoms. The molecule has 2 N–H and O–H groups in total. The lowest BCUT2D eigenvalue weighted by molar-refractivity contribution is 0.385. The van der Waals surface area contributed by atoms with E-state index >= 15 is 0 Å². The number of benzene rings is 2. The van der Waals surface area contributed by atoms with Crippen molar-refractivity contribution in [2.75, 3.05) is 12.3 Å². The van der Waals surface area contributed by atoms with Crippen LogP contribution in [0.1, 0.15) is 11.3 Å². The van der Waals surface area contributed by atoms with Crippen LogP contribution in [0.4, 0.5) is 5.95 Å². The van der Waals surface area contributed by atoms with Crippen molar-refractivity contribution in [1.29, 1.82) is 0 Å². The third kappa shape index (κ3) is 3.58. The number of nitrogens with zero attached hydrogens (tertiary/aromatic N) is 3. The maximum absolute atomic E-state index is 13.0. The predicted octanol–water partition coefficient (Wildman–Crippen LogP) is 3.78. The molecule has 0 unspecified atom stereocenters. The van der Waals surface area contributed by atoms with Crippen molar-refractivity contribution >= 4 is 39.2 Å². The van der Waals surface area contributed by atoms with Gasteiger partial charge in [0.05, 0.1) is 27.2 Å². The first kappa shape index (κ1) is 19.1. The molecule has 4 rings (SSSR count). The Morgan fingerprint density at radius 2 is 1.71 bits per heavy atom. The number of nitrogens with two attached hydrogens (primary N) is 1. The van der Waals surface area contributed by atoms with E-state index in [1.807, 2.05) is 6.07 Å². The molecule has 9 heteroatoms. The number of hydrogen-bond donors (Lipinski definition) is 1. The minimum Gasteiger partial charge on any atom is -0.368 e. The summed E-state index contributed by atoms with van der Waals surface area (Å²) in [6, 6.07) is 12.0. The van der Waals surface area contributed by atoms with Crippen LogP contribution in [0.3, 0.4) is 0 Å². The number of halogens is 2. The summed E-state index contributed by atoms with van der Waals surface area (Å²) in [6.07, 6.45) is 2.21. The molecule has 144 valence electrons. The molecular weight excluding hydrogens is 419 g/mol. The van der Waals surface area contributed by atoms with Crippen LogP contribution in [-0.2, 0) is 23.0 Å². The van der Waals surface area contributed by atoms with Gasteiger partial charge in [-0.2, -0.15) is 4.31 Å². The van der Waals surface area contributed by atoms with E-state index in [0.717, 1.165) is 16.7 Å². The van der Waals surface area contributed by atoms with Gasteiger partial charge in [0, 0.05) is 12.7 Å². The van der Waals surface area contributed by atoms with E-state index < -0.39 is 10.0 Å². The summed E-state index contributed by atoms with van der Waals surface area (Å²) < 4.78 is 27.5. The number of aromatic nitrogens is 2. The van der Waals surface area contributed by atoms with Gasteiger partial charge in [0.2, 0.25) is 16.0 Å². The topological polar surface area (TPSA) is 89.2 Å². The van der Waals surface area contributed by atoms with Crippen molar-refractivity contribution in [3.8, 4) is 11.1 Å². The van der Waals surface area contributed by atoms with Crippen molar-refractivity contribution in [3.05, 3.63) is 70.0 Å². The molecule has 1 aliphatic rings. The summed E-state index contributed by atoms with van der Waals surface area (Å²) >= 11 is 12.0. The smallest absolute Gasteiger partial charge is 0.243 e. The fourth-order valence-corrected chi connectivity index (χ4v) is 4.84. The van der Waals surface area contributed by atoms with Gasteiger partial charge in [-0.05, 0) is 47.4 Å². The Morgan fingerprint density at radius 3 is 2.43 bits per heavy atom. The lowest BCUT2D eigenvalue weighted by Gasteiger charge is -2.27. The van der Waals surface area contributed by atoms with E-state index in [0.29, 0.717) is 28.7 Å². The summed E-state index contributed by atoms with van der Waals surface area (Å²) in [4.78, 5) is 8.37. The largest absolute Gasteiger partial charge is 0.368 e. The Kier molecular flexibility index (Phi) is 5.01. The van der Waals surface area contributed by atoms with Gasteiger partial charge in [0.15, 0.2) is 0 Å². The van der Waals surface area contributed by atoms with Crippen LogP contribution < -0.4 is 5.73 Å². The van der Waals surface area contributed by atoms with E-state index in [4.69, 9.17) is 28.9 Å². The molecule has 3 aromatic rings. The molecule has 0 saturated carbocycles. The van der Waals surface area contributed by atoms with E-state index in [1.54, 1.807) is 42.6 Å². The van der Waals surface area contributed by atoms with Crippen molar-refractivity contribution < 1.29 is 8.42 Å². The Bertz CT molecular complexity index is 1150. The molecule has 0 bridgehead atoms. The minimum absolute atomic E-state index is 0.143. The molecule has 6 nitrogen and oxygen atoms in total. The second kappa shape index (κ2) is 7.33. The highest BCUT2D eigenvalue weighted by molar-refractivity contribution is 7.89. The number of hydrogen-bond acceptors (Lipinski definition) is 5. The van der Waals surface area contributed by atoms with Crippen molar-refractivity contribution in [2.24, 2.45) is 0 Å². The Labute approximate surface area is 173 Å². The van der Waals surface area contributed by atoms with Crippen molar-refractivity contribution in [1.82, 2.24) is 14.3 Å². The molecule has 0 aliphatic carbocycles. The predicted molar refractivity (Wildman–Crippen MR) is 110 cm³/mol. The summed E-state index contributed by atoms with van der Waals surface area (Å²) in [5, 5.41) is 0.920. The average molecular weight is 435 g/mol. The van der Waals surface area contributed by atoms with Gasteiger partial charge in [-0.1, -0.05) is 41.4 Å². The average Bonchev–Trinajstić information content (AvgIpc) is 2.69. The molecule has 0 fully saturated rings. The SMILES string of the molecule is Nc1ncc2c(n1)CN(S(=O)(=O)c1ccc(-c3ccc(Cl)c(Cl)c3)cc1)CC2. The molecule has 1 aliphatic heterocycles. The van der Waals surface area contributed by atoms with E-state index in [9.17, 15) is 8.42 Å². The van der Waals surface area contributed by atoms with Crippen LogP contribution in [0.25, 0.3) is 11.1 Å². The Morgan fingerprint density at radius 1 is 1.00 bits per heavy atom. The third-order valence-corrected chi connectivity index (χ3v) is 7.27. The van der Waals surface area contributed by atoms with Gasteiger partial charge in [0.25, 0.3) is 0 Å². The molecule has 0 radical (unpaired) electrons. The molecule has 2 aromatic carbocycles. The number of anilines is 1. The molecule has 0 atom stereocenters. The fraction of sp³-hybridized carbons (Fsp3) is 0.158. The zero-order valence-electron chi connectivity index (χ0n) is 14.6. The quantitative estimate of drug-likeness (QED) is 0.677. The van der Waals surface area contributed by atoms with E-state index in [1.165, 1.54) is 4.31 Å². The first-order valence-corrected chi connectivity index (χ1v) is 10.7. The van der Waals surface area contributed by atoms with Crippen molar-refractivity contribution in [3.63, 3.8) is 0 Å². The van der Waals surface area contributed by atoms with Gasteiger partial charge in [0.1, 0.15) is 0 Å². The van der Waals surface area contributed by atoms with E-state index in [-0.39, 0.29) is 17.4 Å². The van der Waals surface area contributed by atoms with Crippen LogP contribution in [0.5, 0.6) is 0 Å². The summed E-state index contributed by atoms with van der Waals surface area (Å²) in [7, 11) is -3.65. The summed E-state index contributed by atoms with van der Waals surface area (Å²) in [6.45, 7) is 0.552. The zero-order valence-corrected chi connectivity index (χ0v) is 17.0. The Hall–Kier alpha value is -2.19. The van der Waals surface area contributed by atoms with Gasteiger partial charge in [-0.25, -0.2) is 18.4 Å². The molecular formula is C19H16Cl2N4O2S. The number of sulfonamides is 1. The number of fused-ring (bicyclic) bond motifs is 1. The van der Waals surface area contributed by atoms with Crippen LogP contribution in [0.15, 0.2) is 53.6 Å². The standard InChI is InChI=1S/C19H16Cl2N4O2S/c20-16-6-3-13(9-17(16)21)12-1-4-15(5-2-12)28(26,27)25-8-7-14-10-23-19(22)24-18(14)11-25/h1-6,9-10H,7-8,11H2,(H2,22,23,24). The zero-order chi connectivity index (χ0) is 19.9. The number of nitrogen functional groups attached to an aromatic ring is 1.